The maximum Gasteiger partial charge on any atom is 0.319 e. The molecular weight excluding hydrogens is 300 g/mol. The lowest BCUT2D eigenvalue weighted by atomic mass is 10.1. The summed E-state index contributed by atoms with van der Waals surface area (Å²) < 4.78 is 0. The van der Waals surface area contributed by atoms with Crippen molar-refractivity contribution >= 4 is 11.7 Å². The number of amides is 2. The largest absolute Gasteiger partial charge is 0.338 e. The van der Waals surface area contributed by atoms with E-state index in [0.717, 1.165) is 38.3 Å². The van der Waals surface area contributed by atoms with Crippen molar-refractivity contribution in [2.45, 2.75) is 38.1 Å². The van der Waals surface area contributed by atoms with E-state index >= 15 is 0 Å². The second kappa shape index (κ2) is 7.99. The minimum absolute atomic E-state index is 0.0892. The maximum atomic E-state index is 12.2. The van der Waals surface area contributed by atoms with Crippen molar-refractivity contribution in [3.05, 3.63) is 29.8 Å². The second-order valence-corrected chi connectivity index (χ2v) is 7.22. The van der Waals surface area contributed by atoms with E-state index in [9.17, 15) is 4.79 Å². The average molecular weight is 330 g/mol. The van der Waals surface area contributed by atoms with Crippen LogP contribution in [0.25, 0.3) is 0 Å². The first kappa shape index (κ1) is 17.2. The highest BCUT2D eigenvalue weighted by Crippen LogP contribution is 2.43. The standard InChI is InChI=1S/C19H30N4O/c1-15(23-13-11-22(2)12-14-23)9-10-20-19(24)21-18-6-4-3-5-17(18)16-7-8-16/h3-6,15-16H,7-14H2,1-2H3,(H2,20,21,24)/t15-/m0/s1. The lowest BCUT2D eigenvalue weighted by Crippen LogP contribution is -2.48. The van der Waals surface area contributed by atoms with E-state index in [1.807, 2.05) is 12.1 Å². The second-order valence-electron chi connectivity index (χ2n) is 7.22. The van der Waals surface area contributed by atoms with Crippen LogP contribution in [0.15, 0.2) is 24.3 Å². The summed E-state index contributed by atoms with van der Waals surface area (Å²) in [7, 11) is 2.17. The summed E-state index contributed by atoms with van der Waals surface area (Å²) in [6.45, 7) is 7.49. The molecule has 2 fully saturated rings. The van der Waals surface area contributed by atoms with Gasteiger partial charge in [-0.1, -0.05) is 18.2 Å². The molecular formula is C19H30N4O. The molecule has 24 heavy (non-hydrogen) atoms. The molecule has 1 saturated heterocycles. The van der Waals surface area contributed by atoms with Gasteiger partial charge in [-0.2, -0.15) is 0 Å². The van der Waals surface area contributed by atoms with Crippen LogP contribution in [-0.4, -0.2) is 61.6 Å². The highest BCUT2D eigenvalue weighted by Gasteiger charge is 2.26. The Bertz CT molecular complexity index is 550. The van der Waals surface area contributed by atoms with Crippen molar-refractivity contribution in [2.75, 3.05) is 45.1 Å². The Kier molecular flexibility index (Phi) is 5.74. The van der Waals surface area contributed by atoms with E-state index in [1.165, 1.54) is 18.4 Å². The number of nitrogens with zero attached hydrogens (tertiary/aromatic N) is 2. The fourth-order valence-corrected chi connectivity index (χ4v) is 3.37. The Balaban J connectivity index is 1.40. The van der Waals surface area contributed by atoms with Crippen LogP contribution in [0.4, 0.5) is 10.5 Å². The summed E-state index contributed by atoms with van der Waals surface area (Å²) >= 11 is 0. The summed E-state index contributed by atoms with van der Waals surface area (Å²) in [5.41, 5.74) is 2.24. The van der Waals surface area contributed by atoms with Gasteiger partial charge in [0, 0.05) is 44.5 Å². The van der Waals surface area contributed by atoms with Gasteiger partial charge in [-0.05, 0) is 50.8 Å². The molecule has 0 unspecified atom stereocenters. The van der Waals surface area contributed by atoms with Crippen LogP contribution >= 0.6 is 0 Å². The molecule has 1 aliphatic carbocycles. The van der Waals surface area contributed by atoms with E-state index in [1.54, 1.807) is 0 Å². The molecule has 1 aliphatic heterocycles. The van der Waals surface area contributed by atoms with Crippen molar-refractivity contribution in [3.8, 4) is 0 Å². The van der Waals surface area contributed by atoms with Crippen molar-refractivity contribution in [2.24, 2.45) is 0 Å². The molecule has 1 saturated carbocycles. The summed E-state index contributed by atoms with van der Waals surface area (Å²) in [6.07, 6.45) is 3.47. The zero-order valence-corrected chi connectivity index (χ0v) is 14.9. The van der Waals surface area contributed by atoms with Gasteiger partial charge in [-0.15, -0.1) is 0 Å². The first-order valence-electron chi connectivity index (χ1n) is 9.20. The number of likely N-dealkylation sites (N-methyl/N-ethyl adjacent to an activating group) is 1. The van der Waals surface area contributed by atoms with Gasteiger partial charge < -0.3 is 15.5 Å². The molecule has 1 atom stereocenters. The monoisotopic (exact) mass is 330 g/mol. The van der Waals surface area contributed by atoms with Crippen molar-refractivity contribution in [1.29, 1.82) is 0 Å². The zero-order chi connectivity index (χ0) is 16.9. The van der Waals surface area contributed by atoms with Gasteiger partial charge in [0.1, 0.15) is 0 Å². The number of piperazine rings is 1. The third-order valence-corrected chi connectivity index (χ3v) is 5.24. The summed E-state index contributed by atoms with van der Waals surface area (Å²) in [6, 6.07) is 8.58. The van der Waals surface area contributed by atoms with Gasteiger partial charge >= 0.3 is 6.03 Å². The van der Waals surface area contributed by atoms with Crippen molar-refractivity contribution in [1.82, 2.24) is 15.1 Å². The Morgan fingerprint density at radius 2 is 1.92 bits per heavy atom. The molecule has 2 N–H and O–H groups in total. The molecule has 0 bridgehead atoms. The first-order valence-corrected chi connectivity index (χ1v) is 9.20. The van der Waals surface area contributed by atoms with Gasteiger partial charge in [-0.25, -0.2) is 4.79 Å². The number of urea groups is 1. The Morgan fingerprint density at radius 1 is 1.21 bits per heavy atom. The molecule has 0 aromatic heterocycles. The minimum atomic E-state index is -0.0892. The van der Waals surface area contributed by atoms with Crippen LogP contribution in [0, 0.1) is 0 Å². The van der Waals surface area contributed by atoms with E-state index < -0.39 is 0 Å². The van der Waals surface area contributed by atoms with Crippen LogP contribution in [0.3, 0.4) is 0 Å². The minimum Gasteiger partial charge on any atom is -0.338 e. The van der Waals surface area contributed by atoms with Crippen LogP contribution in [0.1, 0.15) is 37.7 Å². The Hall–Kier alpha value is -1.59. The number of hydrogen-bond donors (Lipinski definition) is 2. The molecule has 5 heteroatoms. The molecule has 1 aromatic carbocycles. The lowest BCUT2D eigenvalue weighted by Gasteiger charge is -2.36. The summed E-state index contributed by atoms with van der Waals surface area (Å²) in [5.74, 6) is 0.638. The normalized spacial score (nSPS) is 20.6. The predicted octanol–water partition coefficient (Wildman–Crippen LogP) is 2.71. The van der Waals surface area contributed by atoms with Gasteiger partial charge in [-0.3, -0.25) is 4.90 Å². The van der Waals surface area contributed by atoms with E-state index in [4.69, 9.17) is 0 Å². The molecule has 0 radical (unpaired) electrons. The topological polar surface area (TPSA) is 47.6 Å². The molecule has 0 spiro atoms. The van der Waals surface area contributed by atoms with Crippen LogP contribution in [0.5, 0.6) is 0 Å². The van der Waals surface area contributed by atoms with E-state index in [0.29, 0.717) is 18.5 Å². The molecule has 2 aliphatic rings. The van der Waals surface area contributed by atoms with Crippen LogP contribution < -0.4 is 10.6 Å². The van der Waals surface area contributed by atoms with Gasteiger partial charge in [0.15, 0.2) is 0 Å². The summed E-state index contributed by atoms with van der Waals surface area (Å²) in [4.78, 5) is 17.0. The maximum absolute atomic E-state index is 12.2. The van der Waals surface area contributed by atoms with Crippen LogP contribution in [0.2, 0.25) is 0 Å². The summed E-state index contributed by atoms with van der Waals surface area (Å²) in [5, 5.41) is 6.03. The third kappa shape index (κ3) is 4.71. The predicted molar refractivity (Wildman–Crippen MR) is 98.6 cm³/mol. The Morgan fingerprint density at radius 3 is 2.62 bits per heavy atom. The van der Waals surface area contributed by atoms with E-state index in [-0.39, 0.29) is 6.03 Å². The number of rotatable bonds is 6. The highest BCUT2D eigenvalue weighted by atomic mass is 16.2. The number of para-hydroxylation sites is 1. The smallest absolute Gasteiger partial charge is 0.319 e. The molecule has 5 nitrogen and oxygen atoms in total. The number of hydrogen-bond acceptors (Lipinski definition) is 3. The first-order chi connectivity index (χ1) is 11.6. The number of anilines is 1. The van der Waals surface area contributed by atoms with Crippen molar-refractivity contribution < 1.29 is 4.79 Å². The van der Waals surface area contributed by atoms with Gasteiger partial charge in [0.05, 0.1) is 0 Å². The SMILES string of the molecule is C[C@@H](CCNC(=O)Nc1ccccc1C1CC1)N1CCN(C)CC1. The highest BCUT2D eigenvalue weighted by molar-refractivity contribution is 5.90. The lowest BCUT2D eigenvalue weighted by molar-refractivity contribution is 0.115. The zero-order valence-electron chi connectivity index (χ0n) is 14.9. The van der Waals surface area contributed by atoms with Crippen molar-refractivity contribution in [3.63, 3.8) is 0 Å². The van der Waals surface area contributed by atoms with Gasteiger partial charge in [0.2, 0.25) is 0 Å². The number of carbonyl (C=O) groups excluding carboxylic acids is 1. The fourth-order valence-electron chi connectivity index (χ4n) is 3.37. The third-order valence-electron chi connectivity index (χ3n) is 5.24. The molecule has 1 aromatic rings. The average Bonchev–Trinajstić information content (AvgIpc) is 3.41. The number of benzene rings is 1. The van der Waals surface area contributed by atoms with Crippen LogP contribution in [-0.2, 0) is 0 Å². The number of nitrogens with one attached hydrogen (secondary N) is 2. The molecule has 3 rings (SSSR count). The molecule has 1 heterocycles. The fraction of sp³-hybridized carbons (Fsp3) is 0.632. The van der Waals surface area contributed by atoms with Gasteiger partial charge in [0.25, 0.3) is 0 Å². The Labute approximate surface area is 145 Å². The van der Waals surface area contributed by atoms with E-state index in [2.05, 4.69) is 46.5 Å². The number of carbonyl (C=O) groups is 1. The molecule has 2 amide bonds. The molecule has 132 valence electrons. The quantitative estimate of drug-likeness (QED) is 0.843.